The van der Waals surface area contributed by atoms with Crippen LogP contribution in [0.15, 0.2) is 18.2 Å². The average molecular weight is 222 g/mol. The molecule has 0 aromatic heterocycles. The number of benzene rings is 1. The van der Waals surface area contributed by atoms with Gasteiger partial charge in [0.2, 0.25) is 0 Å². The maximum Gasteiger partial charge on any atom is 0.411 e. The first-order chi connectivity index (χ1) is 7.65. The molecule has 1 amide bonds. The second-order valence-electron chi connectivity index (χ2n) is 3.65. The molecule has 1 aromatic carbocycles. The Hall–Kier alpha value is -1.71. The van der Waals surface area contributed by atoms with E-state index < -0.39 is 6.09 Å². The molecule has 0 heterocycles. The number of nitrogens with two attached hydrogens (primary N) is 1. The van der Waals surface area contributed by atoms with Gasteiger partial charge in [-0.25, -0.2) is 4.79 Å². The minimum Gasteiger partial charge on any atom is -0.449 e. The number of nitrogens with one attached hydrogen (secondary N) is 1. The quantitative estimate of drug-likeness (QED) is 0.608. The fourth-order valence-corrected chi connectivity index (χ4v) is 1.31. The van der Waals surface area contributed by atoms with Crippen LogP contribution in [0.1, 0.15) is 25.3 Å². The van der Waals surface area contributed by atoms with E-state index in [1.54, 1.807) is 6.07 Å². The van der Waals surface area contributed by atoms with Crippen LogP contribution in [0.25, 0.3) is 0 Å². The zero-order valence-electron chi connectivity index (χ0n) is 9.75. The van der Waals surface area contributed by atoms with Gasteiger partial charge in [0, 0.05) is 0 Å². The van der Waals surface area contributed by atoms with Crippen LogP contribution in [0.2, 0.25) is 0 Å². The summed E-state index contributed by atoms with van der Waals surface area (Å²) in [6.07, 6.45) is 1.42. The lowest BCUT2D eigenvalue weighted by atomic mass is 10.2. The van der Waals surface area contributed by atoms with Crippen molar-refractivity contribution in [2.75, 3.05) is 17.7 Å². The second kappa shape index (κ2) is 6.00. The molecular formula is C12H18N2O2. The number of para-hydroxylation sites is 1. The summed E-state index contributed by atoms with van der Waals surface area (Å²) in [7, 11) is 0. The van der Waals surface area contributed by atoms with Crippen molar-refractivity contribution >= 4 is 17.5 Å². The SMILES string of the molecule is CCCCOC(=O)Nc1c(C)cccc1N. The third-order valence-electron chi connectivity index (χ3n) is 2.26. The normalized spacial score (nSPS) is 9.88. The lowest BCUT2D eigenvalue weighted by molar-refractivity contribution is 0.160. The van der Waals surface area contributed by atoms with Crippen LogP contribution in [0.5, 0.6) is 0 Å². The summed E-state index contributed by atoms with van der Waals surface area (Å²) in [5, 5.41) is 2.65. The number of carbonyl (C=O) groups excluding carboxylic acids is 1. The monoisotopic (exact) mass is 222 g/mol. The number of amides is 1. The first-order valence-electron chi connectivity index (χ1n) is 5.44. The number of unbranched alkanes of at least 4 members (excludes halogenated alkanes) is 1. The zero-order chi connectivity index (χ0) is 12.0. The Bertz CT molecular complexity index is 344. The van der Waals surface area contributed by atoms with Gasteiger partial charge in [-0.15, -0.1) is 0 Å². The first kappa shape index (κ1) is 12.4. The third-order valence-corrected chi connectivity index (χ3v) is 2.26. The van der Waals surface area contributed by atoms with Crippen molar-refractivity contribution in [1.29, 1.82) is 0 Å². The molecule has 1 aromatic rings. The van der Waals surface area contributed by atoms with E-state index in [1.807, 2.05) is 26.0 Å². The molecule has 0 unspecified atom stereocenters. The van der Waals surface area contributed by atoms with Gasteiger partial charge in [0.1, 0.15) is 0 Å². The highest BCUT2D eigenvalue weighted by molar-refractivity contribution is 5.90. The van der Waals surface area contributed by atoms with Crippen molar-refractivity contribution in [3.8, 4) is 0 Å². The second-order valence-corrected chi connectivity index (χ2v) is 3.65. The number of ether oxygens (including phenoxy) is 1. The Morgan fingerprint density at radius 1 is 1.50 bits per heavy atom. The molecular weight excluding hydrogens is 204 g/mol. The molecule has 3 N–H and O–H groups in total. The van der Waals surface area contributed by atoms with E-state index in [2.05, 4.69) is 5.32 Å². The Labute approximate surface area is 95.8 Å². The summed E-state index contributed by atoms with van der Waals surface area (Å²) in [4.78, 5) is 11.4. The average Bonchev–Trinajstić information content (AvgIpc) is 2.24. The molecule has 0 saturated heterocycles. The number of rotatable bonds is 4. The van der Waals surface area contributed by atoms with Crippen LogP contribution in [-0.4, -0.2) is 12.7 Å². The lowest BCUT2D eigenvalue weighted by Gasteiger charge is -2.11. The van der Waals surface area contributed by atoms with Gasteiger partial charge in [-0.1, -0.05) is 25.5 Å². The number of nitrogen functional groups attached to an aromatic ring is 1. The maximum absolute atomic E-state index is 11.4. The van der Waals surface area contributed by atoms with Gasteiger partial charge < -0.3 is 10.5 Å². The van der Waals surface area contributed by atoms with Gasteiger partial charge in [0.15, 0.2) is 0 Å². The minimum absolute atomic E-state index is 0.439. The molecule has 0 atom stereocenters. The molecule has 0 spiro atoms. The van der Waals surface area contributed by atoms with E-state index in [-0.39, 0.29) is 0 Å². The molecule has 1 rings (SSSR count). The molecule has 0 radical (unpaired) electrons. The molecule has 0 saturated carbocycles. The Morgan fingerprint density at radius 2 is 2.25 bits per heavy atom. The van der Waals surface area contributed by atoms with E-state index in [4.69, 9.17) is 10.5 Å². The van der Waals surface area contributed by atoms with Crippen LogP contribution in [0.4, 0.5) is 16.2 Å². The lowest BCUT2D eigenvalue weighted by Crippen LogP contribution is -2.16. The van der Waals surface area contributed by atoms with E-state index >= 15 is 0 Å². The van der Waals surface area contributed by atoms with E-state index in [9.17, 15) is 4.79 Å². The molecule has 16 heavy (non-hydrogen) atoms. The summed E-state index contributed by atoms with van der Waals surface area (Å²) < 4.78 is 4.99. The van der Waals surface area contributed by atoms with Crippen LogP contribution < -0.4 is 11.1 Å². The summed E-state index contributed by atoms with van der Waals surface area (Å²) in [5.74, 6) is 0. The van der Waals surface area contributed by atoms with Gasteiger partial charge in [-0.3, -0.25) is 5.32 Å². The van der Waals surface area contributed by atoms with Crippen molar-refractivity contribution in [3.05, 3.63) is 23.8 Å². The number of hydrogen-bond donors (Lipinski definition) is 2. The number of hydrogen-bond acceptors (Lipinski definition) is 3. The highest BCUT2D eigenvalue weighted by atomic mass is 16.5. The predicted octanol–water partition coefficient (Wildman–Crippen LogP) is 2.93. The molecule has 4 nitrogen and oxygen atoms in total. The molecule has 0 aliphatic rings. The van der Waals surface area contributed by atoms with Gasteiger partial charge in [-0.2, -0.15) is 0 Å². The molecule has 0 bridgehead atoms. The largest absolute Gasteiger partial charge is 0.449 e. The molecule has 0 aliphatic carbocycles. The molecule has 4 heteroatoms. The van der Waals surface area contributed by atoms with Gasteiger partial charge in [0.25, 0.3) is 0 Å². The summed E-state index contributed by atoms with van der Waals surface area (Å²) >= 11 is 0. The van der Waals surface area contributed by atoms with E-state index in [0.29, 0.717) is 18.0 Å². The number of anilines is 2. The molecule has 88 valence electrons. The van der Waals surface area contributed by atoms with Crippen LogP contribution >= 0.6 is 0 Å². The predicted molar refractivity (Wildman–Crippen MR) is 65.5 cm³/mol. The van der Waals surface area contributed by atoms with Gasteiger partial charge in [0.05, 0.1) is 18.0 Å². The number of aryl methyl sites for hydroxylation is 1. The Morgan fingerprint density at radius 3 is 2.88 bits per heavy atom. The third kappa shape index (κ3) is 3.46. The fourth-order valence-electron chi connectivity index (χ4n) is 1.31. The topological polar surface area (TPSA) is 64.3 Å². The van der Waals surface area contributed by atoms with Crippen molar-refractivity contribution in [2.24, 2.45) is 0 Å². The van der Waals surface area contributed by atoms with E-state index in [0.717, 1.165) is 18.4 Å². The summed E-state index contributed by atoms with van der Waals surface area (Å²) in [5.41, 5.74) is 7.86. The van der Waals surface area contributed by atoms with Gasteiger partial charge in [-0.05, 0) is 25.0 Å². The first-order valence-corrected chi connectivity index (χ1v) is 5.44. The minimum atomic E-state index is -0.450. The van der Waals surface area contributed by atoms with Gasteiger partial charge >= 0.3 is 6.09 Å². The van der Waals surface area contributed by atoms with Crippen molar-refractivity contribution in [3.63, 3.8) is 0 Å². The Kier molecular flexibility index (Phi) is 4.64. The van der Waals surface area contributed by atoms with Crippen molar-refractivity contribution < 1.29 is 9.53 Å². The highest BCUT2D eigenvalue weighted by Gasteiger charge is 2.07. The van der Waals surface area contributed by atoms with E-state index in [1.165, 1.54) is 0 Å². The van der Waals surface area contributed by atoms with Crippen LogP contribution in [0.3, 0.4) is 0 Å². The molecule has 0 aliphatic heterocycles. The van der Waals surface area contributed by atoms with Crippen LogP contribution in [0, 0.1) is 6.92 Å². The van der Waals surface area contributed by atoms with Crippen molar-refractivity contribution in [1.82, 2.24) is 0 Å². The molecule has 0 fully saturated rings. The highest BCUT2D eigenvalue weighted by Crippen LogP contribution is 2.22. The Balaban J connectivity index is 2.56. The van der Waals surface area contributed by atoms with Crippen LogP contribution in [-0.2, 0) is 4.74 Å². The summed E-state index contributed by atoms with van der Waals surface area (Å²) in [6, 6.07) is 5.48. The van der Waals surface area contributed by atoms with Crippen molar-refractivity contribution in [2.45, 2.75) is 26.7 Å². The summed E-state index contributed by atoms with van der Waals surface area (Å²) in [6.45, 7) is 4.37. The standard InChI is InChI=1S/C12H18N2O2/c1-3-4-8-16-12(15)14-11-9(2)6-5-7-10(11)13/h5-7H,3-4,8,13H2,1-2H3,(H,14,15). The fraction of sp³-hybridized carbons (Fsp3) is 0.417. The number of carbonyl (C=O) groups is 1. The zero-order valence-corrected chi connectivity index (χ0v) is 9.75. The maximum atomic E-state index is 11.4. The smallest absolute Gasteiger partial charge is 0.411 e.